The van der Waals surface area contributed by atoms with E-state index in [9.17, 15) is 19.5 Å². The molecule has 3 amide bonds. The molecular weight excluding hydrogens is 538 g/mol. The number of carbonyl (C=O) groups is 3. The number of nitrogens with one attached hydrogen (secondary N) is 1. The van der Waals surface area contributed by atoms with Gasteiger partial charge in [-0.15, -0.1) is 0 Å². The van der Waals surface area contributed by atoms with E-state index in [0.717, 1.165) is 28.7 Å². The lowest BCUT2D eigenvalue weighted by Gasteiger charge is -2.32. The zero-order valence-corrected chi connectivity index (χ0v) is 25.4. The average molecular weight is 584 g/mol. The monoisotopic (exact) mass is 583 g/mol. The molecule has 0 aromatic heterocycles. The van der Waals surface area contributed by atoms with Gasteiger partial charge in [-0.05, 0) is 30.9 Å². The smallest absolute Gasteiger partial charge is 0.410 e. The zero-order chi connectivity index (χ0) is 30.6. The molecule has 0 fully saturated rings. The zero-order valence-electron chi connectivity index (χ0n) is 25.4. The Balaban J connectivity index is 1.58. The summed E-state index contributed by atoms with van der Waals surface area (Å²) in [4.78, 5) is 42.1. The molecule has 0 saturated heterocycles. The van der Waals surface area contributed by atoms with E-state index in [4.69, 9.17) is 14.2 Å². The predicted octanol–water partition coefficient (Wildman–Crippen LogP) is 3.97. The van der Waals surface area contributed by atoms with Gasteiger partial charge >= 0.3 is 6.09 Å². The van der Waals surface area contributed by atoms with Gasteiger partial charge in [-0.1, -0.05) is 68.8 Å². The molecule has 42 heavy (non-hydrogen) atoms. The molecule has 2 atom stereocenters. The first-order chi connectivity index (χ1) is 20.2. The van der Waals surface area contributed by atoms with Crippen LogP contribution in [0.1, 0.15) is 57.8 Å². The summed E-state index contributed by atoms with van der Waals surface area (Å²) in [6.45, 7) is 8.73. The number of ether oxygens (including phenoxy) is 3. The molecule has 3 rings (SSSR count). The van der Waals surface area contributed by atoms with Crippen LogP contribution in [0.5, 0.6) is 0 Å². The van der Waals surface area contributed by atoms with Crippen LogP contribution >= 0.6 is 0 Å². The van der Waals surface area contributed by atoms with Gasteiger partial charge < -0.3 is 34.4 Å². The standard InChI is InChI=1S/C32H45N3O7/c1-6-22(4)19-35(20-29(40-7-2)41-8-3)31(38)27(21-36)33-28(37)17-18-34(5)32(39)42-30-25-15-11-9-13-23(25)24-14-10-12-16-26(24)30/h9-16,22,27,29-30,36H,6-8,17-21H2,1-5H3,(H,33,37). The number of rotatable bonds is 16. The Morgan fingerprint density at radius 3 is 2.02 bits per heavy atom. The Hall–Kier alpha value is -3.47. The second-order valence-corrected chi connectivity index (χ2v) is 10.5. The molecule has 2 unspecified atom stereocenters. The van der Waals surface area contributed by atoms with Crippen molar-refractivity contribution in [2.24, 2.45) is 5.92 Å². The number of aliphatic hydroxyl groups excluding tert-OH is 1. The van der Waals surface area contributed by atoms with Crippen molar-refractivity contribution in [3.63, 3.8) is 0 Å². The van der Waals surface area contributed by atoms with Crippen molar-refractivity contribution in [2.45, 2.75) is 59.0 Å². The summed E-state index contributed by atoms with van der Waals surface area (Å²) in [5.41, 5.74) is 3.90. The van der Waals surface area contributed by atoms with Gasteiger partial charge in [0.15, 0.2) is 12.4 Å². The lowest BCUT2D eigenvalue weighted by molar-refractivity contribution is -0.161. The topological polar surface area (TPSA) is 118 Å². The second kappa shape index (κ2) is 16.2. The first-order valence-electron chi connectivity index (χ1n) is 14.8. The number of carbonyl (C=O) groups excluding carboxylic acids is 3. The van der Waals surface area contributed by atoms with Crippen LogP contribution in [0.2, 0.25) is 0 Å². The maximum Gasteiger partial charge on any atom is 0.410 e. The molecule has 230 valence electrons. The van der Waals surface area contributed by atoms with Crippen LogP contribution in [0.3, 0.4) is 0 Å². The van der Waals surface area contributed by atoms with Crippen LogP contribution in [0, 0.1) is 5.92 Å². The van der Waals surface area contributed by atoms with Crippen LogP contribution in [-0.4, -0.2) is 91.6 Å². The van der Waals surface area contributed by atoms with E-state index in [1.807, 2.05) is 76.2 Å². The first kappa shape index (κ1) is 33.0. The molecule has 10 nitrogen and oxygen atoms in total. The van der Waals surface area contributed by atoms with Gasteiger partial charge in [0, 0.05) is 50.9 Å². The normalized spacial score (nSPS) is 13.7. The summed E-state index contributed by atoms with van der Waals surface area (Å²) in [6, 6.07) is 14.5. The average Bonchev–Trinajstić information content (AvgIpc) is 3.31. The summed E-state index contributed by atoms with van der Waals surface area (Å²) >= 11 is 0. The fraction of sp³-hybridized carbons (Fsp3) is 0.531. The van der Waals surface area contributed by atoms with Crippen molar-refractivity contribution in [1.29, 1.82) is 0 Å². The van der Waals surface area contributed by atoms with Crippen LogP contribution < -0.4 is 5.32 Å². The van der Waals surface area contributed by atoms with Crippen molar-refractivity contribution in [3.8, 4) is 11.1 Å². The molecule has 0 radical (unpaired) electrons. The van der Waals surface area contributed by atoms with Crippen molar-refractivity contribution in [1.82, 2.24) is 15.1 Å². The van der Waals surface area contributed by atoms with Gasteiger partial charge in [0.25, 0.3) is 0 Å². The van der Waals surface area contributed by atoms with Crippen LogP contribution in [0.15, 0.2) is 48.5 Å². The van der Waals surface area contributed by atoms with Gasteiger partial charge in [0.2, 0.25) is 11.8 Å². The SMILES string of the molecule is CCOC(CN(CC(C)CC)C(=O)C(CO)NC(=O)CCN(C)C(=O)OC1c2ccccc2-c2ccccc21)OCC. The number of nitrogens with zero attached hydrogens (tertiary/aromatic N) is 2. The summed E-state index contributed by atoms with van der Waals surface area (Å²) < 4.78 is 17.1. The first-order valence-corrected chi connectivity index (χ1v) is 14.8. The predicted molar refractivity (Wildman–Crippen MR) is 160 cm³/mol. The third-order valence-electron chi connectivity index (χ3n) is 7.41. The lowest BCUT2D eigenvalue weighted by Crippen LogP contribution is -2.53. The third kappa shape index (κ3) is 8.53. The molecule has 0 heterocycles. The second-order valence-electron chi connectivity index (χ2n) is 10.5. The maximum atomic E-state index is 13.4. The number of aliphatic hydroxyl groups is 1. The minimum Gasteiger partial charge on any atom is -0.436 e. The number of fused-ring (bicyclic) bond motifs is 3. The number of hydrogen-bond acceptors (Lipinski definition) is 7. The van der Waals surface area contributed by atoms with E-state index in [2.05, 4.69) is 5.32 Å². The van der Waals surface area contributed by atoms with Crippen molar-refractivity contribution in [3.05, 3.63) is 59.7 Å². The molecule has 2 aromatic rings. The van der Waals surface area contributed by atoms with E-state index >= 15 is 0 Å². The lowest BCUT2D eigenvalue weighted by atomic mass is 10.1. The van der Waals surface area contributed by atoms with Crippen LogP contribution in [-0.2, 0) is 23.8 Å². The minimum atomic E-state index is -1.13. The van der Waals surface area contributed by atoms with E-state index in [0.29, 0.717) is 19.8 Å². The highest BCUT2D eigenvalue weighted by Crippen LogP contribution is 2.45. The Labute approximate surface area is 248 Å². The van der Waals surface area contributed by atoms with E-state index < -0.39 is 43.0 Å². The molecule has 10 heteroatoms. The summed E-state index contributed by atoms with van der Waals surface area (Å²) in [6.07, 6.45) is -0.924. The Bertz CT molecular complexity index is 1140. The van der Waals surface area contributed by atoms with Gasteiger partial charge in [-0.3, -0.25) is 9.59 Å². The molecule has 2 N–H and O–H groups in total. The Kier molecular flexibility index (Phi) is 12.8. The van der Waals surface area contributed by atoms with Gasteiger partial charge in [-0.2, -0.15) is 0 Å². The molecule has 0 aliphatic heterocycles. The summed E-state index contributed by atoms with van der Waals surface area (Å²) in [5, 5.41) is 12.6. The highest BCUT2D eigenvalue weighted by atomic mass is 16.7. The van der Waals surface area contributed by atoms with Crippen LogP contribution in [0.25, 0.3) is 11.1 Å². The van der Waals surface area contributed by atoms with Crippen LogP contribution in [0.4, 0.5) is 4.79 Å². The fourth-order valence-corrected chi connectivity index (χ4v) is 4.93. The highest BCUT2D eigenvalue weighted by molar-refractivity contribution is 5.88. The van der Waals surface area contributed by atoms with Crippen molar-refractivity contribution >= 4 is 17.9 Å². The molecule has 1 aliphatic carbocycles. The molecule has 1 aliphatic rings. The number of benzene rings is 2. The minimum absolute atomic E-state index is 0.0698. The molecule has 2 aromatic carbocycles. The Morgan fingerprint density at radius 2 is 1.50 bits per heavy atom. The number of amides is 3. The van der Waals surface area contributed by atoms with E-state index in [1.165, 1.54) is 4.90 Å². The molecule has 0 spiro atoms. The third-order valence-corrected chi connectivity index (χ3v) is 7.41. The molecule has 0 bridgehead atoms. The quantitative estimate of drug-likeness (QED) is 0.287. The Morgan fingerprint density at radius 1 is 0.929 bits per heavy atom. The largest absolute Gasteiger partial charge is 0.436 e. The molecule has 0 saturated carbocycles. The summed E-state index contributed by atoms with van der Waals surface area (Å²) in [5.74, 6) is -0.679. The van der Waals surface area contributed by atoms with Crippen molar-refractivity contribution < 1.29 is 33.7 Å². The fourth-order valence-electron chi connectivity index (χ4n) is 4.93. The maximum absolute atomic E-state index is 13.4. The summed E-state index contributed by atoms with van der Waals surface area (Å²) in [7, 11) is 1.56. The molecular formula is C32H45N3O7. The van der Waals surface area contributed by atoms with Crippen molar-refractivity contribution in [2.75, 3.05) is 46.5 Å². The highest BCUT2D eigenvalue weighted by Gasteiger charge is 2.32. The van der Waals surface area contributed by atoms with E-state index in [-0.39, 0.29) is 25.4 Å². The van der Waals surface area contributed by atoms with Gasteiger partial charge in [-0.25, -0.2) is 4.79 Å². The van der Waals surface area contributed by atoms with Gasteiger partial charge in [0.05, 0.1) is 13.2 Å². The number of hydrogen-bond donors (Lipinski definition) is 2. The van der Waals surface area contributed by atoms with Gasteiger partial charge in [0.1, 0.15) is 6.04 Å². The van der Waals surface area contributed by atoms with E-state index in [1.54, 1.807) is 11.9 Å².